The van der Waals surface area contributed by atoms with Gasteiger partial charge in [0.2, 0.25) is 0 Å². The second-order valence-electron chi connectivity index (χ2n) is 15.3. The highest BCUT2D eigenvalue weighted by atomic mass is 16.8. The third kappa shape index (κ3) is 9.41. The predicted molar refractivity (Wildman–Crippen MR) is 182 cm³/mol. The first kappa shape index (κ1) is 37.2. The Bertz CT molecular complexity index is 1140. The van der Waals surface area contributed by atoms with Gasteiger partial charge in [-0.2, -0.15) is 0 Å². The summed E-state index contributed by atoms with van der Waals surface area (Å²) in [5.74, 6) is 0.151. The van der Waals surface area contributed by atoms with Gasteiger partial charge >= 0.3 is 11.9 Å². The zero-order chi connectivity index (χ0) is 33.4. The van der Waals surface area contributed by atoms with Gasteiger partial charge in [-0.05, 0) is 81.4 Å². The van der Waals surface area contributed by atoms with Gasteiger partial charge in [0.25, 0.3) is 5.79 Å². The van der Waals surface area contributed by atoms with Crippen LogP contribution in [0.1, 0.15) is 160 Å². The molecule has 45 heavy (non-hydrogen) atoms. The van der Waals surface area contributed by atoms with Gasteiger partial charge in [0.05, 0.1) is 18.8 Å². The lowest BCUT2D eigenvalue weighted by Crippen LogP contribution is -2.63. The minimum absolute atomic E-state index is 0.0275. The van der Waals surface area contributed by atoms with E-state index in [4.69, 9.17) is 14.2 Å². The molecule has 1 aromatic carbocycles. The Labute approximate surface area is 274 Å². The summed E-state index contributed by atoms with van der Waals surface area (Å²) in [6.07, 6.45) is 15.1. The lowest BCUT2D eigenvalue weighted by molar-refractivity contribution is -0.286. The van der Waals surface area contributed by atoms with Crippen LogP contribution in [-0.2, 0) is 25.5 Å². The van der Waals surface area contributed by atoms with Gasteiger partial charge in [-0.1, -0.05) is 105 Å². The number of esters is 2. The van der Waals surface area contributed by atoms with Gasteiger partial charge in [-0.15, -0.1) is 0 Å². The molecular weight excluding hydrogens is 564 g/mol. The molecule has 2 unspecified atom stereocenters. The first-order valence-corrected chi connectivity index (χ1v) is 18.2. The van der Waals surface area contributed by atoms with Crippen molar-refractivity contribution in [2.75, 3.05) is 0 Å². The molecule has 256 valence electrons. The number of carbonyl (C=O) groups is 2. The summed E-state index contributed by atoms with van der Waals surface area (Å²) in [4.78, 5) is 27.0. The van der Waals surface area contributed by atoms with Gasteiger partial charge in [0, 0.05) is 5.56 Å². The molecule has 0 bridgehead atoms. The highest BCUT2D eigenvalue weighted by molar-refractivity contribution is 5.82. The highest BCUT2D eigenvalue weighted by Crippen LogP contribution is 2.51. The van der Waals surface area contributed by atoms with E-state index in [0.717, 1.165) is 67.1 Å². The molecule has 5 atom stereocenters. The van der Waals surface area contributed by atoms with Crippen molar-refractivity contribution < 1.29 is 28.9 Å². The molecule has 2 aliphatic rings. The van der Waals surface area contributed by atoms with E-state index in [1.54, 1.807) is 0 Å². The molecule has 1 spiro atoms. The van der Waals surface area contributed by atoms with E-state index >= 15 is 0 Å². The Hall–Kier alpha value is -2.24. The summed E-state index contributed by atoms with van der Waals surface area (Å²) in [5, 5.41) is 10.9. The van der Waals surface area contributed by atoms with E-state index in [0.29, 0.717) is 30.1 Å². The zero-order valence-electron chi connectivity index (χ0n) is 30.1. The third-order valence-corrected chi connectivity index (χ3v) is 10.8. The summed E-state index contributed by atoms with van der Waals surface area (Å²) in [5.41, 5.74) is 2.00. The second kappa shape index (κ2) is 16.5. The SMILES string of the molecule is CCCCCCC1CC(=O)OC2(Cc3c(C)c(O)c(C)c(C)c3O[C@@]2(C)CCC[C@H](C)CCC[C@@H](C)CCCC(C)C)OC1=O. The van der Waals surface area contributed by atoms with Crippen molar-refractivity contribution in [3.05, 3.63) is 22.3 Å². The van der Waals surface area contributed by atoms with Crippen molar-refractivity contribution in [3.63, 3.8) is 0 Å². The maximum Gasteiger partial charge on any atom is 0.312 e. The van der Waals surface area contributed by atoms with Crippen LogP contribution < -0.4 is 4.74 Å². The number of hydrogen-bond acceptors (Lipinski definition) is 6. The molecule has 1 N–H and O–H groups in total. The lowest BCUT2D eigenvalue weighted by atomic mass is 9.78. The molecule has 6 heteroatoms. The molecule has 6 nitrogen and oxygen atoms in total. The molecule has 2 aliphatic heterocycles. The largest absolute Gasteiger partial charge is 0.507 e. The molecule has 1 aromatic rings. The first-order valence-electron chi connectivity index (χ1n) is 18.2. The van der Waals surface area contributed by atoms with Gasteiger partial charge < -0.3 is 19.3 Å². The minimum Gasteiger partial charge on any atom is -0.507 e. The summed E-state index contributed by atoms with van der Waals surface area (Å²) in [6, 6.07) is 0. The number of phenols is 1. The number of unbranched alkanes of at least 4 members (excludes halogenated alkanes) is 3. The summed E-state index contributed by atoms with van der Waals surface area (Å²) in [6.45, 7) is 19.1. The van der Waals surface area contributed by atoms with Gasteiger partial charge in [-0.3, -0.25) is 9.59 Å². The van der Waals surface area contributed by atoms with Gasteiger partial charge in [-0.25, -0.2) is 0 Å². The summed E-state index contributed by atoms with van der Waals surface area (Å²) < 4.78 is 19.4. The number of ether oxygens (including phenoxy) is 3. The number of benzene rings is 1. The number of phenolic OH excluding ortho intramolecular Hbond substituents is 1. The molecule has 1 fully saturated rings. The van der Waals surface area contributed by atoms with E-state index in [-0.39, 0.29) is 24.6 Å². The summed E-state index contributed by atoms with van der Waals surface area (Å²) in [7, 11) is 0. The molecule has 0 saturated carbocycles. The average molecular weight is 629 g/mol. The number of hydrogen-bond donors (Lipinski definition) is 1. The molecular formula is C39H64O6. The second-order valence-corrected chi connectivity index (χ2v) is 15.3. The maximum absolute atomic E-state index is 13.7. The Kier molecular flexibility index (Phi) is 13.7. The molecule has 3 rings (SSSR count). The van der Waals surface area contributed by atoms with Crippen LogP contribution in [-0.4, -0.2) is 28.4 Å². The Morgan fingerprint density at radius 2 is 1.40 bits per heavy atom. The van der Waals surface area contributed by atoms with Crippen molar-refractivity contribution >= 4 is 11.9 Å². The smallest absolute Gasteiger partial charge is 0.312 e. The van der Waals surface area contributed by atoms with Crippen LogP contribution in [0.4, 0.5) is 0 Å². The van der Waals surface area contributed by atoms with Crippen LogP contribution in [0.25, 0.3) is 0 Å². The maximum atomic E-state index is 13.7. The molecule has 0 aromatic heterocycles. The van der Waals surface area contributed by atoms with Crippen molar-refractivity contribution in [3.8, 4) is 11.5 Å². The van der Waals surface area contributed by atoms with E-state index in [1.165, 1.54) is 38.5 Å². The fraction of sp³-hybridized carbons (Fsp3) is 0.795. The van der Waals surface area contributed by atoms with E-state index < -0.39 is 23.3 Å². The third-order valence-electron chi connectivity index (χ3n) is 10.8. The lowest BCUT2D eigenvalue weighted by Gasteiger charge is -2.49. The average Bonchev–Trinajstić information content (AvgIpc) is 3.09. The monoisotopic (exact) mass is 628 g/mol. The Morgan fingerprint density at radius 1 is 0.778 bits per heavy atom. The Balaban J connectivity index is 1.76. The highest BCUT2D eigenvalue weighted by Gasteiger charge is 2.62. The van der Waals surface area contributed by atoms with Crippen molar-refractivity contribution in [1.29, 1.82) is 0 Å². The predicted octanol–water partition coefficient (Wildman–Crippen LogP) is 10.2. The van der Waals surface area contributed by atoms with Crippen molar-refractivity contribution in [2.24, 2.45) is 23.7 Å². The topological polar surface area (TPSA) is 82.1 Å². The molecule has 1 saturated heterocycles. The van der Waals surface area contributed by atoms with Crippen LogP contribution in [0, 0.1) is 44.4 Å². The minimum atomic E-state index is -1.58. The van der Waals surface area contributed by atoms with Crippen LogP contribution in [0.3, 0.4) is 0 Å². The number of carbonyl (C=O) groups excluding carboxylic acids is 2. The van der Waals surface area contributed by atoms with E-state index in [1.807, 2.05) is 27.7 Å². The fourth-order valence-electron chi connectivity index (χ4n) is 7.35. The van der Waals surface area contributed by atoms with E-state index in [9.17, 15) is 14.7 Å². The van der Waals surface area contributed by atoms with Crippen LogP contribution in [0.15, 0.2) is 0 Å². The zero-order valence-corrected chi connectivity index (χ0v) is 30.1. The van der Waals surface area contributed by atoms with Gasteiger partial charge in [0.15, 0.2) is 5.60 Å². The first-order chi connectivity index (χ1) is 21.2. The van der Waals surface area contributed by atoms with Crippen molar-refractivity contribution in [2.45, 2.75) is 176 Å². The van der Waals surface area contributed by atoms with E-state index in [2.05, 4.69) is 34.6 Å². The molecule has 0 aliphatic carbocycles. The van der Waals surface area contributed by atoms with Crippen LogP contribution in [0.2, 0.25) is 0 Å². The van der Waals surface area contributed by atoms with Crippen LogP contribution >= 0.6 is 0 Å². The summed E-state index contributed by atoms with van der Waals surface area (Å²) >= 11 is 0. The molecule has 2 heterocycles. The number of rotatable bonds is 17. The standard InChI is InChI=1S/C39H64O6/c1-10-11-12-13-22-32-24-34(40)43-39(45-37(32)42)25-33-31(8)35(41)29(6)30(7)36(33)44-38(39,9)23-16-21-28(5)20-15-19-27(4)18-14-17-26(2)3/h26-28,32,41H,10-25H2,1-9H3/t27-,28+,32?,38-,39?/m0/s1. The molecule has 0 radical (unpaired) electrons. The fourth-order valence-corrected chi connectivity index (χ4v) is 7.35. The number of aromatic hydroxyl groups is 1. The van der Waals surface area contributed by atoms with Gasteiger partial charge in [0.1, 0.15) is 11.5 Å². The molecule has 0 amide bonds. The quantitative estimate of drug-likeness (QED) is 0.137. The van der Waals surface area contributed by atoms with Crippen molar-refractivity contribution in [1.82, 2.24) is 0 Å². The number of fused-ring (bicyclic) bond motifs is 1. The van der Waals surface area contributed by atoms with Crippen LogP contribution in [0.5, 0.6) is 11.5 Å². The normalized spacial score (nSPS) is 24.5. The Morgan fingerprint density at radius 3 is 2.02 bits per heavy atom.